The van der Waals surface area contributed by atoms with Crippen molar-refractivity contribution in [2.45, 2.75) is 0 Å². The van der Waals surface area contributed by atoms with Gasteiger partial charge < -0.3 is 0 Å². The fourth-order valence-corrected chi connectivity index (χ4v) is 1.29. The van der Waals surface area contributed by atoms with Crippen LogP contribution in [-0.4, -0.2) is 20.2 Å². The smallest absolute Gasteiger partial charge is 0.115 e. The maximum absolute atomic E-state index is 3.87. The van der Waals surface area contributed by atoms with Crippen LogP contribution in [0.5, 0.6) is 0 Å². The highest BCUT2D eigenvalue weighted by atomic mass is 15.1. The summed E-state index contributed by atoms with van der Waals surface area (Å²) in [5.41, 5.74) is 2.23. The quantitative estimate of drug-likeness (QED) is 0.691. The van der Waals surface area contributed by atoms with Crippen LogP contribution in [0.15, 0.2) is 67.4 Å². The highest BCUT2D eigenvalue weighted by molar-refractivity contribution is 5.57. The van der Waals surface area contributed by atoms with Crippen LogP contribution in [0.2, 0.25) is 0 Å². The molecule has 0 bridgehead atoms. The molecule has 17 heavy (non-hydrogen) atoms. The summed E-state index contributed by atoms with van der Waals surface area (Å²) in [4.78, 5) is 7.35. The third kappa shape index (κ3) is 3.53. The molecule has 4 heteroatoms. The van der Waals surface area contributed by atoms with Gasteiger partial charge in [-0.3, -0.25) is 5.10 Å². The second-order valence-corrected chi connectivity index (χ2v) is 3.24. The van der Waals surface area contributed by atoms with Crippen LogP contribution in [0.25, 0.3) is 11.3 Å². The van der Waals surface area contributed by atoms with E-state index in [-0.39, 0.29) is 0 Å². The third-order valence-corrected chi connectivity index (χ3v) is 2.06. The van der Waals surface area contributed by atoms with E-state index in [0.29, 0.717) is 0 Å². The van der Waals surface area contributed by atoms with E-state index in [9.17, 15) is 0 Å². The molecule has 0 saturated heterocycles. The predicted octanol–water partition coefficient (Wildman–Crippen LogP) is 2.55. The first-order valence-corrected chi connectivity index (χ1v) is 5.21. The lowest BCUT2D eigenvalue weighted by Gasteiger charge is -1.93. The summed E-state index contributed by atoms with van der Waals surface area (Å²) in [7, 11) is 0. The van der Waals surface area contributed by atoms with Crippen molar-refractivity contribution < 1.29 is 0 Å². The van der Waals surface area contributed by atoms with Gasteiger partial charge in [-0.1, -0.05) is 30.3 Å². The first-order valence-electron chi connectivity index (χ1n) is 5.21. The highest BCUT2D eigenvalue weighted by Gasteiger charge is 1.94. The molecule has 0 aliphatic rings. The summed E-state index contributed by atoms with van der Waals surface area (Å²) in [5, 5.41) is 6.78. The molecule has 0 radical (unpaired) electrons. The minimum atomic E-state index is 1.06. The number of hydrogen-bond acceptors (Lipinski definition) is 3. The Bertz CT molecular complexity index is 479. The van der Waals surface area contributed by atoms with Gasteiger partial charge in [-0.2, -0.15) is 5.10 Å². The maximum atomic E-state index is 3.87. The molecule has 0 spiro atoms. The largest absolute Gasteiger partial charge is 0.278 e. The number of H-pyrrole nitrogens is 1. The van der Waals surface area contributed by atoms with E-state index in [2.05, 4.69) is 20.2 Å². The molecule has 3 rings (SSSR count). The molecule has 4 nitrogen and oxygen atoms in total. The molecule has 1 N–H and O–H groups in total. The second kappa shape index (κ2) is 6.17. The number of hydrogen-bond donors (Lipinski definition) is 1. The standard InChI is InChI=1S/C9H8N2.C4H4N2/c1-2-4-8(5-3-1)9-6-7-10-11-9;1-2-5-4-6-3-1/h1-7H,(H,10,11);1-4H. The van der Waals surface area contributed by atoms with E-state index >= 15 is 0 Å². The van der Waals surface area contributed by atoms with Crippen LogP contribution in [0.1, 0.15) is 0 Å². The molecule has 0 aliphatic heterocycles. The molecule has 2 aromatic heterocycles. The maximum Gasteiger partial charge on any atom is 0.115 e. The summed E-state index contributed by atoms with van der Waals surface area (Å²) in [6, 6.07) is 13.8. The Morgan fingerprint density at radius 2 is 1.53 bits per heavy atom. The van der Waals surface area contributed by atoms with E-state index in [1.165, 1.54) is 11.9 Å². The number of nitrogens with one attached hydrogen (secondary N) is 1. The van der Waals surface area contributed by atoms with Gasteiger partial charge in [-0.05, 0) is 17.7 Å². The first-order chi connectivity index (χ1) is 8.47. The van der Waals surface area contributed by atoms with Crippen LogP contribution < -0.4 is 0 Å². The molecule has 84 valence electrons. The third-order valence-electron chi connectivity index (χ3n) is 2.06. The zero-order valence-corrected chi connectivity index (χ0v) is 9.19. The van der Waals surface area contributed by atoms with E-state index in [1.807, 2.05) is 36.4 Å². The van der Waals surface area contributed by atoms with Crippen LogP contribution in [0.4, 0.5) is 0 Å². The van der Waals surface area contributed by atoms with E-state index in [4.69, 9.17) is 0 Å². The number of aromatic amines is 1. The van der Waals surface area contributed by atoms with Crippen molar-refractivity contribution in [1.82, 2.24) is 20.2 Å². The molecule has 0 fully saturated rings. The van der Waals surface area contributed by atoms with Gasteiger partial charge in [0.25, 0.3) is 0 Å². The average molecular weight is 224 g/mol. The van der Waals surface area contributed by atoms with Crippen molar-refractivity contribution in [2.75, 3.05) is 0 Å². The molecule has 0 saturated carbocycles. The van der Waals surface area contributed by atoms with Gasteiger partial charge >= 0.3 is 0 Å². The Morgan fingerprint density at radius 1 is 0.765 bits per heavy atom. The molecule has 0 amide bonds. The van der Waals surface area contributed by atoms with Gasteiger partial charge in [-0.25, -0.2) is 9.97 Å². The van der Waals surface area contributed by atoms with Crippen molar-refractivity contribution in [3.8, 4) is 11.3 Å². The normalized spacial score (nSPS) is 9.18. The lowest BCUT2D eigenvalue weighted by Crippen LogP contribution is -1.75. The van der Waals surface area contributed by atoms with E-state index in [0.717, 1.165) is 5.69 Å². The van der Waals surface area contributed by atoms with Gasteiger partial charge in [0.2, 0.25) is 0 Å². The topological polar surface area (TPSA) is 54.5 Å². The molecule has 3 aromatic rings. The van der Waals surface area contributed by atoms with Gasteiger partial charge in [0.15, 0.2) is 0 Å². The Hall–Kier alpha value is -2.49. The highest BCUT2D eigenvalue weighted by Crippen LogP contribution is 2.13. The van der Waals surface area contributed by atoms with Gasteiger partial charge in [0.1, 0.15) is 6.33 Å². The Balaban J connectivity index is 0.000000153. The Morgan fingerprint density at radius 3 is 2.00 bits per heavy atom. The number of aromatic nitrogens is 4. The molecule has 0 aliphatic carbocycles. The van der Waals surface area contributed by atoms with Crippen molar-refractivity contribution in [1.29, 1.82) is 0 Å². The lowest BCUT2D eigenvalue weighted by atomic mass is 10.2. The summed E-state index contributed by atoms with van der Waals surface area (Å²) in [5.74, 6) is 0. The number of rotatable bonds is 1. The molecular weight excluding hydrogens is 212 g/mol. The van der Waals surface area contributed by atoms with Crippen molar-refractivity contribution in [2.24, 2.45) is 0 Å². The van der Waals surface area contributed by atoms with Crippen molar-refractivity contribution in [3.05, 3.63) is 67.4 Å². The van der Waals surface area contributed by atoms with Crippen LogP contribution >= 0.6 is 0 Å². The SMILES string of the molecule is c1ccc(-c2ccn[nH]2)cc1.c1cncnc1. The van der Waals surface area contributed by atoms with Crippen LogP contribution in [0.3, 0.4) is 0 Å². The fourth-order valence-electron chi connectivity index (χ4n) is 1.29. The zero-order valence-electron chi connectivity index (χ0n) is 9.19. The minimum absolute atomic E-state index is 1.06. The summed E-state index contributed by atoms with van der Waals surface area (Å²) >= 11 is 0. The summed E-state index contributed by atoms with van der Waals surface area (Å²) in [6.45, 7) is 0. The fraction of sp³-hybridized carbons (Fsp3) is 0. The van der Waals surface area contributed by atoms with Gasteiger partial charge in [0.05, 0.1) is 5.69 Å². The average Bonchev–Trinajstić information content (AvgIpc) is 2.96. The first kappa shape index (κ1) is 11.0. The molecule has 1 aromatic carbocycles. The van der Waals surface area contributed by atoms with E-state index in [1.54, 1.807) is 24.7 Å². The monoisotopic (exact) mass is 224 g/mol. The zero-order chi connectivity index (χ0) is 11.8. The summed E-state index contributed by atoms with van der Waals surface area (Å²) < 4.78 is 0. The molecule has 0 unspecified atom stereocenters. The van der Waals surface area contributed by atoms with E-state index < -0.39 is 0 Å². The minimum Gasteiger partial charge on any atom is -0.278 e. The van der Waals surface area contributed by atoms with Crippen molar-refractivity contribution in [3.63, 3.8) is 0 Å². The molecular formula is C13H12N4. The number of nitrogens with zero attached hydrogens (tertiary/aromatic N) is 3. The lowest BCUT2D eigenvalue weighted by molar-refractivity contribution is 1.10. The van der Waals surface area contributed by atoms with Crippen molar-refractivity contribution >= 4 is 0 Å². The van der Waals surface area contributed by atoms with Gasteiger partial charge in [0, 0.05) is 18.6 Å². The second-order valence-electron chi connectivity index (χ2n) is 3.24. The Kier molecular flexibility index (Phi) is 4.00. The van der Waals surface area contributed by atoms with Crippen LogP contribution in [0, 0.1) is 0 Å². The molecule has 0 atom stereocenters. The molecule has 2 heterocycles. The Labute approximate surface area is 99.4 Å². The number of benzene rings is 1. The predicted molar refractivity (Wildman–Crippen MR) is 66.1 cm³/mol. The van der Waals surface area contributed by atoms with Crippen LogP contribution in [-0.2, 0) is 0 Å². The summed E-state index contributed by atoms with van der Waals surface area (Å²) in [6.07, 6.45) is 6.63. The van der Waals surface area contributed by atoms with Gasteiger partial charge in [-0.15, -0.1) is 0 Å².